The SMILES string of the molecule is CCOc1ccccc1NC(=O)c1snnc1-c1ccc(Cl)cc1. The summed E-state index contributed by atoms with van der Waals surface area (Å²) in [5, 5.41) is 7.55. The minimum absolute atomic E-state index is 0.276. The zero-order valence-corrected chi connectivity index (χ0v) is 14.4. The Labute approximate surface area is 148 Å². The molecule has 3 aromatic rings. The van der Waals surface area contributed by atoms with Crippen LogP contribution in [0.2, 0.25) is 5.02 Å². The van der Waals surface area contributed by atoms with Gasteiger partial charge < -0.3 is 10.1 Å². The maximum absolute atomic E-state index is 12.6. The lowest BCUT2D eigenvalue weighted by Gasteiger charge is -2.10. The monoisotopic (exact) mass is 359 g/mol. The smallest absolute Gasteiger partial charge is 0.269 e. The zero-order valence-electron chi connectivity index (χ0n) is 12.8. The maximum Gasteiger partial charge on any atom is 0.269 e. The van der Waals surface area contributed by atoms with E-state index in [0.29, 0.717) is 33.6 Å². The second-order valence-electron chi connectivity index (χ2n) is 4.84. The molecule has 0 fully saturated rings. The van der Waals surface area contributed by atoms with E-state index in [9.17, 15) is 4.79 Å². The lowest BCUT2D eigenvalue weighted by Crippen LogP contribution is -2.12. The van der Waals surface area contributed by atoms with E-state index in [-0.39, 0.29) is 5.91 Å². The van der Waals surface area contributed by atoms with Gasteiger partial charge in [-0.3, -0.25) is 4.79 Å². The molecule has 0 atom stereocenters. The van der Waals surface area contributed by atoms with Gasteiger partial charge in [0.25, 0.3) is 5.91 Å². The molecule has 0 radical (unpaired) electrons. The number of amides is 1. The molecule has 1 amide bonds. The quantitative estimate of drug-likeness (QED) is 0.728. The molecule has 0 aliphatic carbocycles. The van der Waals surface area contributed by atoms with Crippen molar-refractivity contribution >= 4 is 34.7 Å². The van der Waals surface area contributed by atoms with Crippen LogP contribution in [0.5, 0.6) is 5.75 Å². The van der Waals surface area contributed by atoms with Gasteiger partial charge in [0, 0.05) is 10.6 Å². The van der Waals surface area contributed by atoms with Crippen LogP contribution in [0.25, 0.3) is 11.3 Å². The number of aromatic nitrogens is 2. The minimum atomic E-state index is -0.276. The fourth-order valence-electron chi connectivity index (χ4n) is 2.17. The number of nitrogens with zero attached hydrogens (tertiary/aromatic N) is 2. The van der Waals surface area contributed by atoms with Crippen LogP contribution >= 0.6 is 23.1 Å². The Bertz CT molecular complexity index is 849. The van der Waals surface area contributed by atoms with Crippen LogP contribution in [0.4, 0.5) is 5.69 Å². The van der Waals surface area contributed by atoms with E-state index >= 15 is 0 Å². The fraction of sp³-hybridized carbons (Fsp3) is 0.118. The third-order valence-corrected chi connectivity index (χ3v) is 4.22. The van der Waals surface area contributed by atoms with Crippen LogP contribution in [0.1, 0.15) is 16.6 Å². The van der Waals surface area contributed by atoms with Gasteiger partial charge in [-0.15, -0.1) is 5.10 Å². The van der Waals surface area contributed by atoms with Gasteiger partial charge in [0.05, 0.1) is 12.3 Å². The van der Waals surface area contributed by atoms with Crippen LogP contribution < -0.4 is 10.1 Å². The number of benzene rings is 2. The first-order valence-corrected chi connectivity index (χ1v) is 8.45. The number of ether oxygens (including phenoxy) is 1. The van der Waals surface area contributed by atoms with Gasteiger partial charge >= 0.3 is 0 Å². The number of carbonyl (C=O) groups excluding carboxylic acids is 1. The molecule has 0 saturated carbocycles. The molecule has 0 bridgehead atoms. The lowest BCUT2D eigenvalue weighted by molar-refractivity contribution is 0.103. The Balaban J connectivity index is 1.87. The van der Waals surface area contributed by atoms with Crippen molar-refractivity contribution in [2.75, 3.05) is 11.9 Å². The Hall–Kier alpha value is -2.44. The van der Waals surface area contributed by atoms with E-state index in [2.05, 4.69) is 14.9 Å². The topological polar surface area (TPSA) is 64.1 Å². The van der Waals surface area contributed by atoms with Crippen molar-refractivity contribution < 1.29 is 9.53 Å². The van der Waals surface area contributed by atoms with Gasteiger partial charge in [-0.25, -0.2) is 0 Å². The molecule has 0 aliphatic rings. The van der Waals surface area contributed by atoms with Crippen molar-refractivity contribution in [3.05, 3.63) is 58.4 Å². The van der Waals surface area contributed by atoms with Gasteiger partial charge in [-0.1, -0.05) is 40.4 Å². The minimum Gasteiger partial charge on any atom is -0.492 e. The molecule has 0 unspecified atom stereocenters. The first-order valence-electron chi connectivity index (χ1n) is 7.30. The highest BCUT2D eigenvalue weighted by atomic mass is 35.5. The summed E-state index contributed by atoms with van der Waals surface area (Å²) in [7, 11) is 0. The number of hydrogen-bond acceptors (Lipinski definition) is 5. The molecule has 0 spiro atoms. The largest absolute Gasteiger partial charge is 0.492 e. The number of anilines is 1. The van der Waals surface area contributed by atoms with Gasteiger partial charge in [0.1, 0.15) is 16.3 Å². The zero-order chi connectivity index (χ0) is 16.9. The summed E-state index contributed by atoms with van der Waals surface area (Å²) in [6, 6.07) is 14.4. The summed E-state index contributed by atoms with van der Waals surface area (Å²) >= 11 is 6.95. The van der Waals surface area contributed by atoms with Crippen molar-refractivity contribution in [1.82, 2.24) is 9.59 Å². The standard InChI is InChI=1S/C17H14ClN3O2S/c1-2-23-14-6-4-3-5-13(14)19-17(22)16-15(20-21-24-16)11-7-9-12(18)10-8-11/h3-10H,2H2,1H3,(H,19,22). The van der Waals surface area contributed by atoms with Crippen LogP contribution in [-0.4, -0.2) is 22.1 Å². The van der Waals surface area contributed by atoms with Crippen LogP contribution in [0.15, 0.2) is 48.5 Å². The number of nitrogens with one attached hydrogen (secondary N) is 1. The highest BCUT2D eigenvalue weighted by molar-refractivity contribution is 7.08. The van der Waals surface area contributed by atoms with Crippen molar-refractivity contribution in [3.8, 4) is 17.0 Å². The summed E-state index contributed by atoms with van der Waals surface area (Å²) in [4.78, 5) is 13.1. The number of carbonyl (C=O) groups is 1. The number of hydrogen-bond donors (Lipinski definition) is 1. The Morgan fingerprint density at radius 2 is 1.96 bits per heavy atom. The molecule has 24 heavy (non-hydrogen) atoms. The van der Waals surface area contributed by atoms with Crippen LogP contribution in [0, 0.1) is 0 Å². The molecule has 5 nitrogen and oxygen atoms in total. The molecule has 122 valence electrons. The van der Waals surface area contributed by atoms with Crippen molar-refractivity contribution in [2.45, 2.75) is 6.92 Å². The van der Waals surface area contributed by atoms with E-state index in [1.165, 1.54) is 0 Å². The Morgan fingerprint density at radius 3 is 2.71 bits per heavy atom. The van der Waals surface area contributed by atoms with E-state index in [1.54, 1.807) is 18.2 Å². The number of rotatable bonds is 5. The molecule has 7 heteroatoms. The molecule has 0 saturated heterocycles. The van der Waals surface area contributed by atoms with Gasteiger partial charge in [-0.05, 0) is 42.7 Å². The van der Waals surface area contributed by atoms with E-state index in [4.69, 9.17) is 16.3 Å². The number of halogens is 1. The Morgan fingerprint density at radius 1 is 1.21 bits per heavy atom. The average molecular weight is 360 g/mol. The maximum atomic E-state index is 12.6. The second kappa shape index (κ2) is 7.42. The summed E-state index contributed by atoms with van der Waals surface area (Å²) in [5.74, 6) is 0.348. The van der Waals surface area contributed by atoms with E-state index < -0.39 is 0 Å². The lowest BCUT2D eigenvalue weighted by atomic mass is 10.1. The van der Waals surface area contributed by atoms with E-state index in [0.717, 1.165) is 17.1 Å². The summed E-state index contributed by atoms with van der Waals surface area (Å²) in [5.41, 5.74) is 1.93. The van der Waals surface area contributed by atoms with Crippen LogP contribution in [0.3, 0.4) is 0 Å². The fourth-order valence-corrected chi connectivity index (χ4v) is 2.88. The normalized spacial score (nSPS) is 10.4. The molecule has 1 N–H and O–H groups in total. The van der Waals surface area contributed by atoms with Crippen molar-refractivity contribution in [3.63, 3.8) is 0 Å². The Kier molecular flexibility index (Phi) is 5.08. The third-order valence-electron chi connectivity index (χ3n) is 3.25. The molecular formula is C17H14ClN3O2S. The third kappa shape index (κ3) is 3.55. The van der Waals surface area contributed by atoms with Gasteiger partial charge in [0.2, 0.25) is 0 Å². The summed E-state index contributed by atoms with van der Waals surface area (Å²) in [6.45, 7) is 2.41. The second-order valence-corrected chi connectivity index (χ2v) is 6.03. The first-order chi connectivity index (χ1) is 11.7. The van der Waals surface area contributed by atoms with E-state index in [1.807, 2.05) is 37.3 Å². The molecule has 3 rings (SSSR count). The molecule has 1 heterocycles. The number of para-hydroxylation sites is 2. The van der Waals surface area contributed by atoms with Crippen molar-refractivity contribution in [2.24, 2.45) is 0 Å². The predicted molar refractivity (Wildman–Crippen MR) is 95.9 cm³/mol. The highest BCUT2D eigenvalue weighted by Gasteiger charge is 2.19. The molecular weight excluding hydrogens is 346 g/mol. The van der Waals surface area contributed by atoms with Gasteiger partial charge in [0.15, 0.2) is 0 Å². The molecule has 2 aromatic carbocycles. The first kappa shape index (κ1) is 16.4. The van der Waals surface area contributed by atoms with Crippen molar-refractivity contribution in [1.29, 1.82) is 0 Å². The molecule has 1 aromatic heterocycles. The summed E-state index contributed by atoms with van der Waals surface area (Å²) < 4.78 is 9.44. The van der Waals surface area contributed by atoms with Crippen LogP contribution in [-0.2, 0) is 0 Å². The molecule has 0 aliphatic heterocycles. The summed E-state index contributed by atoms with van der Waals surface area (Å²) in [6.07, 6.45) is 0. The predicted octanol–water partition coefficient (Wildman–Crippen LogP) is 4.51. The average Bonchev–Trinajstić information content (AvgIpc) is 3.07. The van der Waals surface area contributed by atoms with Gasteiger partial charge in [-0.2, -0.15) is 0 Å². The highest BCUT2D eigenvalue weighted by Crippen LogP contribution is 2.28.